The molecule has 2 aromatic rings. The Balaban J connectivity index is 2.43. The van der Waals surface area contributed by atoms with Gasteiger partial charge in [-0.2, -0.15) is 5.10 Å². The van der Waals surface area contributed by atoms with Crippen molar-refractivity contribution < 1.29 is 14.6 Å². The molecule has 6 nitrogen and oxygen atoms in total. The van der Waals surface area contributed by atoms with E-state index in [9.17, 15) is 4.79 Å². The molecule has 6 heteroatoms. The number of benzene rings is 1. The van der Waals surface area contributed by atoms with Gasteiger partial charge >= 0.3 is 5.97 Å². The molecule has 0 atom stereocenters. The lowest BCUT2D eigenvalue weighted by Crippen LogP contribution is -2.00. The lowest BCUT2D eigenvalue weighted by molar-refractivity contribution is 0.0696. The summed E-state index contributed by atoms with van der Waals surface area (Å²) in [6.07, 6.45) is 0. The number of carbonyl (C=O) groups is 1. The van der Waals surface area contributed by atoms with Crippen LogP contribution in [0.4, 0.5) is 5.69 Å². The van der Waals surface area contributed by atoms with Crippen molar-refractivity contribution in [2.75, 3.05) is 5.73 Å². The summed E-state index contributed by atoms with van der Waals surface area (Å²) in [5.74, 6) is -0.111. The van der Waals surface area contributed by atoms with Crippen LogP contribution in [0.1, 0.15) is 21.7 Å². The predicted molar refractivity (Wildman–Crippen MR) is 70.6 cm³/mol. The predicted octanol–water partition coefficient (Wildman–Crippen LogP) is 2.11. The Morgan fingerprint density at radius 1 is 1.42 bits per heavy atom. The Bertz CT molecular complexity index is 647. The highest BCUT2D eigenvalue weighted by atomic mass is 16.5. The van der Waals surface area contributed by atoms with Crippen LogP contribution < -0.4 is 10.5 Å². The molecule has 0 unspecified atom stereocenters. The maximum atomic E-state index is 10.9. The van der Waals surface area contributed by atoms with E-state index < -0.39 is 5.97 Å². The molecule has 0 saturated heterocycles. The molecule has 0 aliphatic rings. The molecule has 1 aromatic carbocycles. The lowest BCUT2D eigenvalue weighted by Gasteiger charge is -2.09. The van der Waals surface area contributed by atoms with Gasteiger partial charge in [-0.15, -0.1) is 0 Å². The summed E-state index contributed by atoms with van der Waals surface area (Å²) in [5, 5.41) is 13.2. The van der Waals surface area contributed by atoms with Crippen LogP contribution in [0.5, 0.6) is 11.5 Å². The average molecular weight is 261 g/mol. The number of hydrogen-bond donors (Lipinski definition) is 2. The molecular formula is C13H15N3O3. The molecule has 3 N–H and O–H groups in total. The van der Waals surface area contributed by atoms with E-state index in [0.29, 0.717) is 17.2 Å². The summed E-state index contributed by atoms with van der Waals surface area (Å²) in [7, 11) is 1.81. The van der Waals surface area contributed by atoms with Gasteiger partial charge in [0.1, 0.15) is 5.69 Å². The Morgan fingerprint density at radius 3 is 2.63 bits per heavy atom. The molecule has 0 amide bonds. The second-order valence-electron chi connectivity index (χ2n) is 4.28. The maximum Gasteiger partial charge on any atom is 0.335 e. The third kappa shape index (κ3) is 2.37. The van der Waals surface area contributed by atoms with E-state index in [2.05, 4.69) is 5.10 Å². The Kier molecular flexibility index (Phi) is 3.16. The molecule has 2 rings (SSSR count). The van der Waals surface area contributed by atoms with Crippen molar-refractivity contribution in [1.82, 2.24) is 9.78 Å². The second kappa shape index (κ2) is 4.64. The van der Waals surface area contributed by atoms with Crippen LogP contribution in [0.25, 0.3) is 0 Å². The molecule has 0 aliphatic heterocycles. The van der Waals surface area contributed by atoms with Crippen molar-refractivity contribution in [1.29, 1.82) is 0 Å². The Hall–Kier alpha value is -2.50. The Labute approximate surface area is 110 Å². The molecule has 0 spiro atoms. The van der Waals surface area contributed by atoms with E-state index in [1.54, 1.807) is 4.68 Å². The highest BCUT2D eigenvalue weighted by Crippen LogP contribution is 2.32. The van der Waals surface area contributed by atoms with Crippen LogP contribution in [0.15, 0.2) is 18.2 Å². The first-order valence-electron chi connectivity index (χ1n) is 5.71. The molecule has 0 radical (unpaired) electrons. The topological polar surface area (TPSA) is 90.4 Å². The fraction of sp³-hybridized carbons (Fsp3) is 0.231. The third-order valence-electron chi connectivity index (χ3n) is 2.92. The number of hydrogen-bond acceptors (Lipinski definition) is 4. The van der Waals surface area contributed by atoms with Crippen molar-refractivity contribution >= 4 is 11.7 Å². The number of nitrogen functional groups attached to an aromatic ring is 1. The number of carboxylic acid groups (broad SMARTS) is 1. The van der Waals surface area contributed by atoms with Gasteiger partial charge in [-0.1, -0.05) is 0 Å². The minimum Gasteiger partial charge on any atom is -0.478 e. The molecule has 100 valence electrons. The third-order valence-corrected chi connectivity index (χ3v) is 2.92. The van der Waals surface area contributed by atoms with Crippen molar-refractivity contribution in [2.24, 2.45) is 7.05 Å². The number of ether oxygens (including phenoxy) is 1. The smallest absolute Gasteiger partial charge is 0.335 e. The molecule has 19 heavy (non-hydrogen) atoms. The molecule has 0 fully saturated rings. The molecule has 1 aromatic heterocycles. The minimum absolute atomic E-state index is 0.128. The van der Waals surface area contributed by atoms with Gasteiger partial charge in [-0.05, 0) is 32.0 Å². The van der Waals surface area contributed by atoms with Crippen LogP contribution >= 0.6 is 0 Å². The largest absolute Gasteiger partial charge is 0.478 e. The number of aromatic carboxylic acids is 1. The van der Waals surface area contributed by atoms with Gasteiger partial charge in [0.05, 0.1) is 16.9 Å². The molecule has 1 heterocycles. The number of rotatable bonds is 3. The fourth-order valence-electron chi connectivity index (χ4n) is 1.77. The van der Waals surface area contributed by atoms with E-state index in [1.165, 1.54) is 18.2 Å². The normalized spacial score (nSPS) is 10.5. The van der Waals surface area contributed by atoms with Crippen LogP contribution in [0.3, 0.4) is 0 Å². The van der Waals surface area contributed by atoms with E-state index in [-0.39, 0.29) is 5.56 Å². The molecule has 0 bridgehead atoms. The monoisotopic (exact) mass is 261 g/mol. The number of aromatic nitrogens is 2. The number of aryl methyl sites for hydroxylation is 2. The average Bonchev–Trinajstić information content (AvgIpc) is 2.58. The van der Waals surface area contributed by atoms with Crippen LogP contribution in [0.2, 0.25) is 0 Å². The summed E-state index contributed by atoms with van der Waals surface area (Å²) in [4.78, 5) is 10.9. The lowest BCUT2D eigenvalue weighted by atomic mass is 10.2. The number of nitrogens with zero attached hydrogens (tertiary/aromatic N) is 2. The van der Waals surface area contributed by atoms with Crippen molar-refractivity contribution in [2.45, 2.75) is 13.8 Å². The van der Waals surface area contributed by atoms with Gasteiger partial charge < -0.3 is 15.6 Å². The summed E-state index contributed by atoms with van der Waals surface area (Å²) < 4.78 is 7.41. The van der Waals surface area contributed by atoms with Gasteiger partial charge in [0.25, 0.3) is 0 Å². The molecule has 0 aliphatic carbocycles. The van der Waals surface area contributed by atoms with E-state index in [4.69, 9.17) is 15.6 Å². The maximum absolute atomic E-state index is 10.9. The van der Waals surface area contributed by atoms with E-state index in [1.807, 2.05) is 20.9 Å². The zero-order valence-electron chi connectivity index (χ0n) is 11.0. The van der Waals surface area contributed by atoms with Gasteiger partial charge in [0, 0.05) is 7.05 Å². The zero-order chi connectivity index (χ0) is 14.2. The number of nitrogens with two attached hydrogens (primary N) is 1. The molecule has 0 saturated carbocycles. The summed E-state index contributed by atoms with van der Waals surface area (Å²) in [5.41, 5.74) is 7.88. The first-order valence-corrected chi connectivity index (χ1v) is 5.71. The summed E-state index contributed by atoms with van der Waals surface area (Å²) >= 11 is 0. The minimum atomic E-state index is -1.02. The van der Waals surface area contributed by atoms with Gasteiger partial charge in [0.2, 0.25) is 0 Å². The first-order chi connectivity index (χ1) is 8.90. The van der Waals surface area contributed by atoms with Crippen molar-refractivity contribution in [3.05, 3.63) is 35.2 Å². The highest BCUT2D eigenvalue weighted by molar-refractivity contribution is 5.89. The second-order valence-corrected chi connectivity index (χ2v) is 4.28. The fourth-order valence-corrected chi connectivity index (χ4v) is 1.77. The molecular weight excluding hydrogens is 246 g/mol. The standard InChI is InChI=1S/C13H15N3O3/c1-7-12(8(2)16(3)15-7)19-11-6-9(13(17)18)4-5-10(11)14/h4-6H,14H2,1-3H3,(H,17,18). The van der Waals surface area contributed by atoms with Crippen LogP contribution in [-0.2, 0) is 7.05 Å². The van der Waals surface area contributed by atoms with Crippen molar-refractivity contribution in [3.8, 4) is 11.5 Å². The summed E-state index contributed by atoms with van der Waals surface area (Å²) in [6.45, 7) is 3.69. The SMILES string of the molecule is Cc1nn(C)c(C)c1Oc1cc(C(=O)O)ccc1N. The quantitative estimate of drug-likeness (QED) is 0.826. The number of carboxylic acids is 1. The van der Waals surface area contributed by atoms with Crippen molar-refractivity contribution in [3.63, 3.8) is 0 Å². The van der Waals surface area contributed by atoms with Crippen LogP contribution in [0, 0.1) is 13.8 Å². The van der Waals surface area contributed by atoms with Gasteiger partial charge in [0.15, 0.2) is 11.5 Å². The van der Waals surface area contributed by atoms with Crippen LogP contribution in [-0.4, -0.2) is 20.9 Å². The number of anilines is 1. The van der Waals surface area contributed by atoms with E-state index >= 15 is 0 Å². The first kappa shape index (κ1) is 12.9. The van der Waals surface area contributed by atoms with Gasteiger partial charge in [-0.3, -0.25) is 4.68 Å². The van der Waals surface area contributed by atoms with E-state index in [0.717, 1.165) is 11.4 Å². The summed E-state index contributed by atoms with van der Waals surface area (Å²) in [6, 6.07) is 4.36. The zero-order valence-corrected chi connectivity index (χ0v) is 11.0. The van der Waals surface area contributed by atoms with Gasteiger partial charge in [-0.25, -0.2) is 4.79 Å². The highest BCUT2D eigenvalue weighted by Gasteiger charge is 2.14. The Morgan fingerprint density at radius 2 is 2.11 bits per heavy atom.